The molecule has 0 saturated heterocycles. The van der Waals surface area contributed by atoms with Gasteiger partial charge in [0.1, 0.15) is 11.5 Å². The number of hydrogen-bond donors (Lipinski definition) is 0. The van der Waals surface area contributed by atoms with Gasteiger partial charge >= 0.3 is 6.18 Å². The van der Waals surface area contributed by atoms with Crippen molar-refractivity contribution in [2.45, 2.75) is 19.5 Å². The van der Waals surface area contributed by atoms with Crippen molar-refractivity contribution in [2.75, 3.05) is 0 Å². The van der Waals surface area contributed by atoms with Gasteiger partial charge in [-0.1, -0.05) is 19.1 Å². The first-order valence-corrected chi connectivity index (χ1v) is 5.27. The largest absolute Gasteiger partial charge is 0.461 e. The van der Waals surface area contributed by atoms with Crippen molar-refractivity contribution in [3.05, 3.63) is 47.7 Å². The standard InChI is InChI=1S/C13H11F3O/c1-2-11-6-7-12(17-11)9-4-3-5-10(8-9)13(14,15)16/h3-8H,2H2,1H3. The molecular formula is C13H11F3O. The van der Waals surface area contributed by atoms with Gasteiger partial charge in [0.2, 0.25) is 0 Å². The van der Waals surface area contributed by atoms with Crippen LogP contribution in [0.4, 0.5) is 13.2 Å². The number of hydrogen-bond acceptors (Lipinski definition) is 1. The van der Waals surface area contributed by atoms with Gasteiger partial charge < -0.3 is 4.42 Å². The maximum Gasteiger partial charge on any atom is 0.416 e. The lowest BCUT2D eigenvalue weighted by Gasteiger charge is -2.07. The van der Waals surface area contributed by atoms with E-state index in [2.05, 4.69) is 0 Å². The van der Waals surface area contributed by atoms with E-state index in [-0.39, 0.29) is 0 Å². The van der Waals surface area contributed by atoms with Crippen molar-refractivity contribution in [3.8, 4) is 11.3 Å². The lowest BCUT2D eigenvalue weighted by atomic mass is 10.1. The maximum atomic E-state index is 12.5. The van der Waals surface area contributed by atoms with Gasteiger partial charge in [-0.15, -0.1) is 0 Å². The van der Waals surface area contributed by atoms with E-state index in [1.165, 1.54) is 6.07 Å². The van der Waals surface area contributed by atoms with E-state index < -0.39 is 11.7 Å². The van der Waals surface area contributed by atoms with Gasteiger partial charge in [-0.3, -0.25) is 0 Å². The van der Waals surface area contributed by atoms with E-state index >= 15 is 0 Å². The van der Waals surface area contributed by atoms with Gasteiger partial charge in [-0.25, -0.2) is 0 Å². The van der Waals surface area contributed by atoms with Crippen LogP contribution in [0.2, 0.25) is 0 Å². The van der Waals surface area contributed by atoms with E-state index in [1.807, 2.05) is 6.92 Å². The van der Waals surface area contributed by atoms with Gasteiger partial charge in [0.15, 0.2) is 0 Å². The fourth-order valence-corrected chi connectivity index (χ4v) is 1.57. The third-order valence-corrected chi connectivity index (χ3v) is 2.48. The highest BCUT2D eigenvalue weighted by molar-refractivity contribution is 5.58. The summed E-state index contributed by atoms with van der Waals surface area (Å²) in [5.74, 6) is 1.23. The monoisotopic (exact) mass is 240 g/mol. The Labute approximate surface area is 96.9 Å². The Morgan fingerprint density at radius 1 is 1.12 bits per heavy atom. The molecule has 0 aliphatic rings. The molecule has 1 nitrogen and oxygen atoms in total. The molecule has 0 radical (unpaired) electrons. The van der Waals surface area contributed by atoms with Crippen LogP contribution in [0, 0.1) is 0 Å². The molecular weight excluding hydrogens is 229 g/mol. The second kappa shape index (κ2) is 4.28. The van der Waals surface area contributed by atoms with Crippen LogP contribution in [0.3, 0.4) is 0 Å². The zero-order chi connectivity index (χ0) is 12.5. The molecule has 0 aliphatic heterocycles. The van der Waals surface area contributed by atoms with Crippen molar-refractivity contribution < 1.29 is 17.6 Å². The topological polar surface area (TPSA) is 13.1 Å². The predicted octanol–water partition coefficient (Wildman–Crippen LogP) is 4.53. The molecule has 1 aromatic carbocycles. The summed E-state index contributed by atoms with van der Waals surface area (Å²) >= 11 is 0. The Hall–Kier alpha value is -1.71. The Morgan fingerprint density at radius 3 is 2.47 bits per heavy atom. The maximum absolute atomic E-state index is 12.5. The molecule has 0 amide bonds. The number of furan rings is 1. The highest BCUT2D eigenvalue weighted by atomic mass is 19.4. The van der Waals surface area contributed by atoms with Crippen LogP contribution in [0.1, 0.15) is 18.2 Å². The highest BCUT2D eigenvalue weighted by Gasteiger charge is 2.30. The summed E-state index contributed by atoms with van der Waals surface area (Å²) in [5.41, 5.74) is -0.219. The lowest BCUT2D eigenvalue weighted by molar-refractivity contribution is -0.137. The van der Waals surface area contributed by atoms with E-state index in [0.29, 0.717) is 11.3 Å². The fourth-order valence-electron chi connectivity index (χ4n) is 1.57. The quantitative estimate of drug-likeness (QED) is 0.751. The number of alkyl halides is 3. The van der Waals surface area contributed by atoms with Crippen LogP contribution in [0.25, 0.3) is 11.3 Å². The molecule has 1 heterocycles. The van der Waals surface area contributed by atoms with Gasteiger partial charge in [-0.05, 0) is 24.3 Å². The SMILES string of the molecule is CCc1ccc(-c2cccc(C(F)(F)F)c2)o1. The number of benzene rings is 1. The van der Waals surface area contributed by atoms with Gasteiger partial charge in [-0.2, -0.15) is 13.2 Å². The van der Waals surface area contributed by atoms with E-state index in [4.69, 9.17) is 4.42 Å². The second-order valence-corrected chi connectivity index (χ2v) is 3.70. The molecule has 90 valence electrons. The predicted molar refractivity (Wildman–Crippen MR) is 58.5 cm³/mol. The first-order valence-electron chi connectivity index (χ1n) is 5.27. The molecule has 0 fully saturated rings. The molecule has 1 aromatic heterocycles. The van der Waals surface area contributed by atoms with Crippen molar-refractivity contribution in [2.24, 2.45) is 0 Å². The molecule has 17 heavy (non-hydrogen) atoms. The Morgan fingerprint density at radius 2 is 1.88 bits per heavy atom. The normalized spacial score (nSPS) is 11.8. The summed E-state index contributed by atoms with van der Waals surface area (Å²) < 4.78 is 43.0. The first kappa shape index (κ1) is 11.8. The average Bonchev–Trinajstić information content (AvgIpc) is 2.76. The van der Waals surface area contributed by atoms with Crippen molar-refractivity contribution in [1.29, 1.82) is 0 Å². The second-order valence-electron chi connectivity index (χ2n) is 3.70. The molecule has 0 aliphatic carbocycles. The molecule has 0 unspecified atom stereocenters. The van der Waals surface area contributed by atoms with E-state index in [1.54, 1.807) is 18.2 Å². The lowest BCUT2D eigenvalue weighted by Crippen LogP contribution is -2.04. The van der Waals surface area contributed by atoms with E-state index in [0.717, 1.165) is 24.3 Å². The summed E-state index contributed by atoms with van der Waals surface area (Å²) in [4.78, 5) is 0. The fraction of sp³-hybridized carbons (Fsp3) is 0.231. The van der Waals surface area contributed by atoms with E-state index in [9.17, 15) is 13.2 Å². The molecule has 0 bridgehead atoms. The molecule has 0 saturated carbocycles. The Kier molecular flexibility index (Phi) is 2.96. The van der Waals surface area contributed by atoms with Crippen molar-refractivity contribution in [3.63, 3.8) is 0 Å². The van der Waals surface area contributed by atoms with Crippen LogP contribution in [-0.4, -0.2) is 0 Å². The molecule has 2 rings (SSSR count). The Balaban J connectivity index is 2.39. The minimum absolute atomic E-state index is 0.444. The highest BCUT2D eigenvalue weighted by Crippen LogP contribution is 2.32. The van der Waals surface area contributed by atoms with Crippen molar-refractivity contribution >= 4 is 0 Å². The van der Waals surface area contributed by atoms with Crippen molar-refractivity contribution in [1.82, 2.24) is 0 Å². The minimum atomic E-state index is -4.32. The molecule has 2 aromatic rings. The zero-order valence-corrected chi connectivity index (χ0v) is 9.21. The summed E-state index contributed by atoms with van der Waals surface area (Å²) in [7, 11) is 0. The Bertz CT molecular complexity index is 511. The molecule has 0 atom stereocenters. The number of halogens is 3. The van der Waals surface area contributed by atoms with Crippen LogP contribution < -0.4 is 0 Å². The third-order valence-electron chi connectivity index (χ3n) is 2.48. The van der Waals surface area contributed by atoms with Crippen LogP contribution in [0.15, 0.2) is 40.8 Å². The van der Waals surface area contributed by atoms with Crippen LogP contribution in [0.5, 0.6) is 0 Å². The average molecular weight is 240 g/mol. The minimum Gasteiger partial charge on any atom is -0.461 e. The smallest absolute Gasteiger partial charge is 0.416 e. The third kappa shape index (κ3) is 2.52. The van der Waals surface area contributed by atoms with Gasteiger partial charge in [0.05, 0.1) is 5.56 Å². The molecule has 0 spiro atoms. The van der Waals surface area contributed by atoms with Crippen LogP contribution >= 0.6 is 0 Å². The van der Waals surface area contributed by atoms with Crippen LogP contribution in [-0.2, 0) is 12.6 Å². The first-order chi connectivity index (χ1) is 8.00. The van der Waals surface area contributed by atoms with Gasteiger partial charge in [0, 0.05) is 12.0 Å². The molecule has 0 N–H and O–H groups in total. The number of aryl methyl sites for hydroxylation is 1. The molecule has 4 heteroatoms. The zero-order valence-electron chi connectivity index (χ0n) is 9.21. The summed E-state index contributed by atoms with van der Waals surface area (Å²) in [6, 6.07) is 8.59. The number of rotatable bonds is 2. The van der Waals surface area contributed by atoms with Gasteiger partial charge in [0.25, 0.3) is 0 Å². The summed E-state index contributed by atoms with van der Waals surface area (Å²) in [5, 5.41) is 0. The summed E-state index contributed by atoms with van der Waals surface area (Å²) in [6.45, 7) is 1.93. The summed E-state index contributed by atoms with van der Waals surface area (Å²) in [6.07, 6.45) is -3.60.